The van der Waals surface area contributed by atoms with E-state index >= 15 is 0 Å². The fourth-order valence-corrected chi connectivity index (χ4v) is 4.28. The topological polar surface area (TPSA) is 28.3 Å². The molecule has 0 spiro atoms. The number of para-hydroxylation sites is 1. The third kappa shape index (κ3) is 3.97. The molecule has 1 aliphatic heterocycles. The molecule has 1 aliphatic rings. The highest BCUT2D eigenvalue weighted by Crippen LogP contribution is 2.36. The number of H-pyrrole nitrogens is 1. The van der Waals surface area contributed by atoms with Crippen LogP contribution in [-0.2, 0) is 0 Å². The van der Waals surface area contributed by atoms with Gasteiger partial charge in [0.15, 0.2) is 0 Å². The molecule has 1 N–H and O–H groups in total. The van der Waals surface area contributed by atoms with Gasteiger partial charge in [-0.1, -0.05) is 35.5 Å². The standard InChI is InChI=1S/C20H21ClN2OS/c21-15-6-8-16(9-7-15)25-19-14-22-20-17(19)4-3-5-18(20)24-13-12-23-10-1-2-11-23/h3-9,14,22H,1-2,10-13H2. The first-order chi connectivity index (χ1) is 12.3. The van der Waals surface area contributed by atoms with E-state index in [1.807, 2.05) is 30.3 Å². The van der Waals surface area contributed by atoms with Gasteiger partial charge in [0, 0.05) is 32.9 Å². The summed E-state index contributed by atoms with van der Waals surface area (Å²) in [4.78, 5) is 8.22. The number of aromatic nitrogens is 1. The number of aromatic amines is 1. The number of rotatable bonds is 6. The number of likely N-dealkylation sites (tertiary alicyclic amines) is 1. The summed E-state index contributed by atoms with van der Waals surface area (Å²) in [7, 11) is 0. The zero-order chi connectivity index (χ0) is 17.1. The van der Waals surface area contributed by atoms with E-state index in [9.17, 15) is 0 Å². The minimum atomic E-state index is 0.734. The van der Waals surface area contributed by atoms with Crippen molar-refractivity contribution in [2.45, 2.75) is 22.6 Å². The molecule has 0 atom stereocenters. The van der Waals surface area contributed by atoms with Crippen molar-refractivity contribution in [3.8, 4) is 5.75 Å². The first kappa shape index (κ1) is 16.8. The highest BCUT2D eigenvalue weighted by Gasteiger charge is 2.13. The molecule has 0 saturated carbocycles. The molecule has 0 bridgehead atoms. The molecule has 2 heterocycles. The number of benzene rings is 2. The smallest absolute Gasteiger partial charge is 0.143 e. The molecule has 5 heteroatoms. The summed E-state index contributed by atoms with van der Waals surface area (Å²) in [6.07, 6.45) is 4.69. The summed E-state index contributed by atoms with van der Waals surface area (Å²) >= 11 is 7.70. The summed E-state index contributed by atoms with van der Waals surface area (Å²) < 4.78 is 6.06. The number of hydrogen-bond donors (Lipinski definition) is 1. The normalized spacial score (nSPS) is 15.1. The van der Waals surface area contributed by atoms with Crippen LogP contribution in [0.2, 0.25) is 5.02 Å². The second-order valence-electron chi connectivity index (χ2n) is 6.28. The molecule has 0 aliphatic carbocycles. The Morgan fingerprint density at radius 2 is 1.88 bits per heavy atom. The molecule has 0 amide bonds. The van der Waals surface area contributed by atoms with Crippen molar-refractivity contribution in [1.29, 1.82) is 0 Å². The first-order valence-electron chi connectivity index (χ1n) is 8.68. The average molecular weight is 373 g/mol. The van der Waals surface area contributed by atoms with Gasteiger partial charge in [-0.15, -0.1) is 0 Å². The van der Waals surface area contributed by atoms with E-state index in [0.29, 0.717) is 0 Å². The Kier molecular flexibility index (Phi) is 5.20. The van der Waals surface area contributed by atoms with Crippen LogP contribution < -0.4 is 4.74 Å². The molecule has 25 heavy (non-hydrogen) atoms. The van der Waals surface area contributed by atoms with Crippen molar-refractivity contribution in [3.05, 3.63) is 53.7 Å². The van der Waals surface area contributed by atoms with Gasteiger partial charge in [-0.25, -0.2) is 0 Å². The lowest BCUT2D eigenvalue weighted by atomic mass is 10.2. The van der Waals surface area contributed by atoms with Gasteiger partial charge in [-0.05, 0) is 56.3 Å². The molecule has 0 radical (unpaired) electrons. The fourth-order valence-electron chi connectivity index (χ4n) is 3.23. The lowest BCUT2D eigenvalue weighted by molar-refractivity contribution is 0.239. The van der Waals surface area contributed by atoms with Gasteiger partial charge in [-0.2, -0.15) is 0 Å². The maximum absolute atomic E-state index is 6.06. The molecule has 1 saturated heterocycles. The maximum Gasteiger partial charge on any atom is 0.143 e. The summed E-state index contributed by atoms with van der Waals surface area (Å²) in [5.74, 6) is 0.930. The molecule has 3 aromatic rings. The van der Waals surface area contributed by atoms with Crippen LogP contribution in [0.15, 0.2) is 58.5 Å². The van der Waals surface area contributed by atoms with Gasteiger partial charge in [0.1, 0.15) is 12.4 Å². The Balaban J connectivity index is 1.48. The van der Waals surface area contributed by atoms with Crippen LogP contribution >= 0.6 is 23.4 Å². The zero-order valence-corrected chi connectivity index (χ0v) is 15.6. The monoisotopic (exact) mass is 372 g/mol. The molecule has 4 rings (SSSR count). The number of nitrogens with zero attached hydrogens (tertiary/aromatic N) is 1. The van der Waals surface area contributed by atoms with E-state index in [2.05, 4.69) is 28.2 Å². The molecule has 1 aromatic heterocycles. The highest BCUT2D eigenvalue weighted by molar-refractivity contribution is 7.99. The van der Waals surface area contributed by atoms with Crippen molar-refractivity contribution in [2.75, 3.05) is 26.2 Å². The number of ether oxygens (including phenoxy) is 1. The average Bonchev–Trinajstić information content (AvgIpc) is 3.28. The van der Waals surface area contributed by atoms with Gasteiger partial charge >= 0.3 is 0 Å². The maximum atomic E-state index is 6.06. The van der Waals surface area contributed by atoms with Crippen molar-refractivity contribution >= 4 is 34.3 Å². The fraction of sp³-hybridized carbons (Fsp3) is 0.300. The summed E-state index contributed by atoms with van der Waals surface area (Å²) in [6.45, 7) is 4.15. The van der Waals surface area contributed by atoms with E-state index in [-0.39, 0.29) is 0 Å². The highest BCUT2D eigenvalue weighted by atomic mass is 35.5. The van der Waals surface area contributed by atoms with Crippen LogP contribution in [0.1, 0.15) is 12.8 Å². The lowest BCUT2D eigenvalue weighted by Gasteiger charge is -2.15. The lowest BCUT2D eigenvalue weighted by Crippen LogP contribution is -2.25. The van der Waals surface area contributed by atoms with Crippen LogP contribution in [0, 0.1) is 0 Å². The predicted octanol–water partition coefficient (Wildman–Crippen LogP) is 5.45. The molecule has 1 fully saturated rings. The van der Waals surface area contributed by atoms with E-state index < -0.39 is 0 Å². The first-order valence-corrected chi connectivity index (χ1v) is 9.88. The molecule has 0 unspecified atom stereocenters. The number of hydrogen-bond acceptors (Lipinski definition) is 3. The van der Waals surface area contributed by atoms with Crippen molar-refractivity contribution in [1.82, 2.24) is 9.88 Å². The number of fused-ring (bicyclic) bond motifs is 1. The van der Waals surface area contributed by atoms with Gasteiger partial charge in [0.05, 0.1) is 5.52 Å². The third-order valence-corrected chi connectivity index (χ3v) is 5.86. The van der Waals surface area contributed by atoms with E-state index in [4.69, 9.17) is 16.3 Å². The van der Waals surface area contributed by atoms with Crippen LogP contribution in [0.5, 0.6) is 5.75 Å². The van der Waals surface area contributed by atoms with Gasteiger partial charge in [0.2, 0.25) is 0 Å². The largest absolute Gasteiger partial charge is 0.490 e. The Labute approximate surface area is 157 Å². The van der Waals surface area contributed by atoms with Gasteiger partial charge in [0.25, 0.3) is 0 Å². The third-order valence-electron chi connectivity index (χ3n) is 4.54. The molecule has 2 aromatic carbocycles. The van der Waals surface area contributed by atoms with Crippen LogP contribution in [0.4, 0.5) is 0 Å². The summed E-state index contributed by atoms with van der Waals surface area (Å²) in [6, 6.07) is 14.2. The molecular weight excluding hydrogens is 352 g/mol. The molecule has 130 valence electrons. The van der Waals surface area contributed by atoms with Crippen molar-refractivity contribution in [2.24, 2.45) is 0 Å². The molecule has 3 nitrogen and oxygen atoms in total. The number of nitrogens with one attached hydrogen (secondary N) is 1. The second kappa shape index (κ2) is 7.73. The predicted molar refractivity (Wildman–Crippen MR) is 105 cm³/mol. The van der Waals surface area contributed by atoms with Crippen LogP contribution in [-0.4, -0.2) is 36.1 Å². The van der Waals surface area contributed by atoms with Crippen molar-refractivity contribution in [3.63, 3.8) is 0 Å². The van der Waals surface area contributed by atoms with Crippen LogP contribution in [0.25, 0.3) is 10.9 Å². The van der Waals surface area contributed by atoms with E-state index in [1.54, 1.807) is 11.8 Å². The summed E-state index contributed by atoms with van der Waals surface area (Å²) in [5.41, 5.74) is 1.07. The summed E-state index contributed by atoms with van der Waals surface area (Å²) in [5, 5.41) is 1.95. The number of halogens is 1. The van der Waals surface area contributed by atoms with Gasteiger partial charge < -0.3 is 9.72 Å². The van der Waals surface area contributed by atoms with E-state index in [0.717, 1.165) is 29.4 Å². The van der Waals surface area contributed by atoms with Crippen LogP contribution in [0.3, 0.4) is 0 Å². The van der Waals surface area contributed by atoms with Crippen molar-refractivity contribution < 1.29 is 4.74 Å². The quantitative estimate of drug-likeness (QED) is 0.623. The van der Waals surface area contributed by atoms with E-state index in [1.165, 1.54) is 41.1 Å². The SMILES string of the molecule is Clc1ccc(Sc2c[nH]c3c(OCCN4CCCC4)cccc23)cc1. The zero-order valence-electron chi connectivity index (χ0n) is 14.0. The Hall–Kier alpha value is -1.62. The minimum Gasteiger partial charge on any atom is -0.490 e. The Morgan fingerprint density at radius 3 is 2.68 bits per heavy atom. The second-order valence-corrected chi connectivity index (χ2v) is 7.84. The minimum absolute atomic E-state index is 0.734. The Bertz CT molecular complexity index is 841. The molecular formula is C20H21ClN2OS. The van der Waals surface area contributed by atoms with Gasteiger partial charge in [-0.3, -0.25) is 4.90 Å². The Morgan fingerprint density at radius 1 is 1.08 bits per heavy atom.